The van der Waals surface area contributed by atoms with E-state index in [0.717, 1.165) is 31.5 Å². The smallest absolute Gasteiger partial charge is 0.299 e. The van der Waals surface area contributed by atoms with Crippen LogP contribution in [0.25, 0.3) is 0 Å². The first-order chi connectivity index (χ1) is 10.3. The first-order valence-electron chi connectivity index (χ1n) is 7.15. The number of hydrogen-bond donors (Lipinski definition) is 1. The highest BCUT2D eigenvalue weighted by Crippen LogP contribution is 2.33. The Morgan fingerprint density at radius 3 is 2.45 bits per heavy atom. The fourth-order valence-corrected chi connectivity index (χ4v) is 3.62. The highest BCUT2D eigenvalue weighted by atomic mass is 32.2. The summed E-state index contributed by atoms with van der Waals surface area (Å²) < 4.78 is 65.2. The lowest BCUT2D eigenvalue weighted by Gasteiger charge is -2.20. The molecule has 1 aliphatic carbocycles. The van der Waals surface area contributed by atoms with E-state index in [1.165, 1.54) is 12.1 Å². The minimum atomic E-state index is -4.70. The van der Waals surface area contributed by atoms with E-state index in [0.29, 0.717) is 12.6 Å². The zero-order valence-corrected chi connectivity index (χ0v) is 13.0. The van der Waals surface area contributed by atoms with Crippen molar-refractivity contribution < 1.29 is 21.6 Å². The molecule has 1 N–H and O–H groups in total. The zero-order valence-electron chi connectivity index (χ0n) is 12.2. The largest absolute Gasteiger partial charge is 0.417 e. The molecule has 0 bridgehead atoms. The number of rotatable bonds is 7. The second-order valence-corrected chi connectivity index (χ2v) is 6.99. The summed E-state index contributed by atoms with van der Waals surface area (Å²) in [6, 6.07) is 4.69. The Kier molecular flexibility index (Phi) is 5.14. The molecule has 0 unspecified atom stereocenters. The monoisotopic (exact) mass is 336 g/mol. The highest BCUT2D eigenvalue weighted by molar-refractivity contribution is 7.89. The van der Waals surface area contributed by atoms with Gasteiger partial charge in [0, 0.05) is 19.1 Å². The predicted molar refractivity (Wildman–Crippen MR) is 76.9 cm³/mol. The molecule has 0 saturated heterocycles. The highest BCUT2D eigenvalue weighted by Gasteiger charge is 2.36. The van der Waals surface area contributed by atoms with Crippen molar-refractivity contribution in [3.63, 3.8) is 0 Å². The third-order valence-corrected chi connectivity index (χ3v) is 5.16. The van der Waals surface area contributed by atoms with Crippen LogP contribution in [-0.2, 0) is 16.2 Å². The Balaban J connectivity index is 2.07. The minimum Gasteiger partial charge on any atom is -0.299 e. The molecule has 1 saturated carbocycles. The molecule has 1 aromatic rings. The number of halogens is 3. The van der Waals surface area contributed by atoms with Crippen molar-refractivity contribution >= 4 is 10.0 Å². The summed E-state index contributed by atoms with van der Waals surface area (Å²) in [5.41, 5.74) is -1.14. The topological polar surface area (TPSA) is 49.4 Å². The molecule has 22 heavy (non-hydrogen) atoms. The van der Waals surface area contributed by atoms with Gasteiger partial charge >= 0.3 is 6.18 Å². The minimum absolute atomic E-state index is 0.0961. The molecule has 2 rings (SSSR count). The third-order valence-electron chi connectivity index (χ3n) is 3.64. The Hall–Kier alpha value is -1.12. The van der Waals surface area contributed by atoms with Gasteiger partial charge in [-0.3, -0.25) is 4.90 Å². The molecule has 1 aromatic carbocycles. The lowest BCUT2D eigenvalue weighted by molar-refractivity contribution is -0.139. The predicted octanol–water partition coefficient (Wildman–Crippen LogP) is 2.47. The van der Waals surface area contributed by atoms with Gasteiger partial charge in [0.25, 0.3) is 0 Å². The molecule has 0 aromatic heterocycles. The first kappa shape index (κ1) is 17.2. The number of nitrogens with one attached hydrogen (secondary N) is 1. The molecular weight excluding hydrogens is 317 g/mol. The van der Waals surface area contributed by atoms with Crippen molar-refractivity contribution in [1.82, 2.24) is 9.62 Å². The molecule has 0 radical (unpaired) electrons. The SMILES string of the molecule is CCN(CCNS(=O)(=O)c1ccccc1C(F)(F)F)C1CC1. The molecule has 4 nitrogen and oxygen atoms in total. The van der Waals surface area contributed by atoms with Crippen LogP contribution in [0, 0.1) is 0 Å². The van der Waals surface area contributed by atoms with Gasteiger partial charge in [-0.2, -0.15) is 13.2 Å². The standard InChI is InChI=1S/C14H19F3N2O2S/c1-2-19(11-7-8-11)10-9-18-22(20,21)13-6-4-3-5-12(13)14(15,16)17/h3-6,11,18H,2,7-10H2,1H3. The Bertz CT molecular complexity index is 613. The van der Waals surface area contributed by atoms with Crippen molar-refractivity contribution in [2.24, 2.45) is 0 Å². The fourth-order valence-electron chi connectivity index (χ4n) is 2.38. The maximum absolute atomic E-state index is 12.9. The summed E-state index contributed by atoms with van der Waals surface area (Å²) in [4.78, 5) is 1.40. The van der Waals surface area contributed by atoms with Gasteiger partial charge < -0.3 is 0 Å². The van der Waals surface area contributed by atoms with Crippen molar-refractivity contribution in [2.75, 3.05) is 19.6 Å². The lowest BCUT2D eigenvalue weighted by Crippen LogP contribution is -2.36. The number of nitrogens with zero attached hydrogens (tertiary/aromatic N) is 1. The van der Waals surface area contributed by atoms with Crippen LogP contribution in [0.3, 0.4) is 0 Å². The Labute approximate surface area is 128 Å². The second-order valence-electron chi connectivity index (χ2n) is 5.25. The fraction of sp³-hybridized carbons (Fsp3) is 0.571. The molecule has 0 amide bonds. The molecule has 124 valence electrons. The average Bonchev–Trinajstić information content (AvgIpc) is 3.27. The molecule has 0 heterocycles. The van der Waals surface area contributed by atoms with E-state index in [9.17, 15) is 21.6 Å². The Morgan fingerprint density at radius 1 is 1.27 bits per heavy atom. The summed E-state index contributed by atoms with van der Waals surface area (Å²) in [6.07, 6.45) is -2.51. The van der Waals surface area contributed by atoms with Crippen LogP contribution in [0.1, 0.15) is 25.3 Å². The number of sulfonamides is 1. The van der Waals surface area contributed by atoms with Gasteiger partial charge in [0.1, 0.15) is 0 Å². The van der Waals surface area contributed by atoms with Crippen LogP contribution in [0.15, 0.2) is 29.2 Å². The van der Waals surface area contributed by atoms with Crippen molar-refractivity contribution in [3.8, 4) is 0 Å². The molecule has 1 aliphatic rings. The van der Waals surface area contributed by atoms with Crippen LogP contribution in [0.2, 0.25) is 0 Å². The van der Waals surface area contributed by atoms with E-state index in [2.05, 4.69) is 9.62 Å². The van der Waals surface area contributed by atoms with Crippen molar-refractivity contribution in [3.05, 3.63) is 29.8 Å². The van der Waals surface area contributed by atoms with Crippen molar-refractivity contribution in [1.29, 1.82) is 0 Å². The van der Waals surface area contributed by atoms with Crippen LogP contribution in [0.5, 0.6) is 0 Å². The van der Waals surface area contributed by atoms with Gasteiger partial charge in [-0.15, -0.1) is 0 Å². The van der Waals surface area contributed by atoms with Crippen LogP contribution < -0.4 is 4.72 Å². The van der Waals surface area contributed by atoms with Crippen LogP contribution in [0.4, 0.5) is 13.2 Å². The summed E-state index contributed by atoms with van der Waals surface area (Å²) in [6.45, 7) is 3.37. The molecule has 0 atom stereocenters. The first-order valence-corrected chi connectivity index (χ1v) is 8.64. The van der Waals surface area contributed by atoms with Gasteiger partial charge in [-0.1, -0.05) is 19.1 Å². The van der Waals surface area contributed by atoms with Crippen LogP contribution in [-0.4, -0.2) is 39.0 Å². The van der Waals surface area contributed by atoms with Gasteiger partial charge in [0.15, 0.2) is 0 Å². The Morgan fingerprint density at radius 2 is 1.91 bits per heavy atom. The number of hydrogen-bond acceptors (Lipinski definition) is 3. The second kappa shape index (κ2) is 6.55. The lowest BCUT2D eigenvalue weighted by atomic mass is 10.2. The van der Waals surface area contributed by atoms with Gasteiger partial charge in [-0.25, -0.2) is 13.1 Å². The quantitative estimate of drug-likeness (QED) is 0.832. The number of benzene rings is 1. The van der Waals surface area contributed by atoms with E-state index >= 15 is 0 Å². The van der Waals surface area contributed by atoms with E-state index in [1.807, 2.05) is 6.92 Å². The summed E-state index contributed by atoms with van der Waals surface area (Å²) in [7, 11) is -4.18. The van der Waals surface area contributed by atoms with Gasteiger partial charge in [0.2, 0.25) is 10.0 Å². The zero-order chi connectivity index (χ0) is 16.4. The molecular formula is C14H19F3N2O2S. The van der Waals surface area contributed by atoms with Crippen molar-refractivity contribution in [2.45, 2.75) is 36.9 Å². The number of likely N-dealkylation sites (N-methyl/N-ethyl adjacent to an activating group) is 1. The summed E-state index contributed by atoms with van der Waals surface area (Å²) >= 11 is 0. The maximum atomic E-state index is 12.9. The third kappa shape index (κ3) is 4.21. The van der Waals surface area contributed by atoms with E-state index in [-0.39, 0.29) is 6.54 Å². The normalized spacial score (nSPS) is 16.2. The summed E-state index contributed by atoms with van der Waals surface area (Å²) in [5.74, 6) is 0. The van der Waals surface area contributed by atoms with E-state index in [1.54, 1.807) is 0 Å². The van der Waals surface area contributed by atoms with Crippen LogP contribution >= 0.6 is 0 Å². The molecule has 1 fully saturated rings. The summed E-state index contributed by atoms with van der Waals surface area (Å²) in [5, 5.41) is 0. The maximum Gasteiger partial charge on any atom is 0.417 e. The average molecular weight is 336 g/mol. The molecule has 8 heteroatoms. The van der Waals surface area contributed by atoms with Gasteiger partial charge in [0.05, 0.1) is 10.5 Å². The van der Waals surface area contributed by atoms with E-state index < -0.39 is 26.7 Å². The molecule has 0 spiro atoms. The van der Waals surface area contributed by atoms with E-state index in [4.69, 9.17) is 0 Å². The molecule has 0 aliphatic heterocycles. The number of alkyl halides is 3. The van der Waals surface area contributed by atoms with Gasteiger partial charge in [-0.05, 0) is 31.5 Å².